The molecule has 23 heavy (non-hydrogen) atoms. The third kappa shape index (κ3) is 3.16. The highest BCUT2D eigenvalue weighted by Gasteiger charge is 2.18. The number of nitrogens with zero attached hydrogens (tertiary/aromatic N) is 2. The molecule has 1 amide bonds. The molecule has 0 aliphatic carbocycles. The highest BCUT2D eigenvalue weighted by atomic mass is 16.5. The molecule has 1 aliphatic rings. The summed E-state index contributed by atoms with van der Waals surface area (Å²) >= 11 is 0. The number of fused-ring (bicyclic) bond motifs is 1. The van der Waals surface area contributed by atoms with E-state index in [9.17, 15) is 4.79 Å². The third-order valence-electron chi connectivity index (χ3n) is 4.10. The van der Waals surface area contributed by atoms with Gasteiger partial charge < -0.3 is 14.8 Å². The number of nitrogens with one attached hydrogen (secondary N) is 1. The molecule has 2 aromatic rings. The fraction of sp³-hybridized carbons (Fsp3) is 0.412. The number of hydrogen-bond acceptors (Lipinski definition) is 4. The molecule has 2 heterocycles. The summed E-state index contributed by atoms with van der Waals surface area (Å²) in [7, 11) is 1.82. The number of carbonyl (C=O) groups excluding carboxylic acids is 1. The summed E-state index contributed by atoms with van der Waals surface area (Å²) in [6.45, 7) is 5.13. The predicted octanol–water partition coefficient (Wildman–Crippen LogP) is 2.38. The lowest BCUT2D eigenvalue weighted by Crippen LogP contribution is -2.27. The van der Waals surface area contributed by atoms with Gasteiger partial charge in [0.15, 0.2) is 11.5 Å². The normalized spacial score (nSPS) is 14.9. The maximum absolute atomic E-state index is 12.4. The Balaban J connectivity index is 1.75. The van der Waals surface area contributed by atoms with Crippen molar-refractivity contribution in [2.75, 3.05) is 13.2 Å². The lowest BCUT2D eigenvalue weighted by Gasteiger charge is -2.16. The molecule has 0 radical (unpaired) electrons. The SMILES string of the molecule is Cc1c(C(=O)NC(C)c2ccc3c(c2)OCCCO3)cnn1C. The first-order valence-corrected chi connectivity index (χ1v) is 7.75. The summed E-state index contributed by atoms with van der Waals surface area (Å²) in [6, 6.07) is 5.64. The number of hydrogen-bond donors (Lipinski definition) is 1. The topological polar surface area (TPSA) is 65.4 Å². The van der Waals surface area contributed by atoms with Crippen LogP contribution in [0.15, 0.2) is 24.4 Å². The van der Waals surface area contributed by atoms with Crippen molar-refractivity contribution in [3.8, 4) is 11.5 Å². The Morgan fingerprint density at radius 2 is 2.04 bits per heavy atom. The lowest BCUT2D eigenvalue weighted by molar-refractivity contribution is 0.0939. The van der Waals surface area contributed by atoms with E-state index >= 15 is 0 Å². The van der Waals surface area contributed by atoms with Gasteiger partial charge in [0.05, 0.1) is 31.0 Å². The average Bonchev–Trinajstić information content (AvgIpc) is 2.76. The number of aromatic nitrogens is 2. The molecule has 1 N–H and O–H groups in total. The molecule has 0 fully saturated rings. The summed E-state index contributed by atoms with van der Waals surface area (Å²) < 4.78 is 13.0. The molecule has 1 atom stereocenters. The van der Waals surface area contributed by atoms with Crippen LogP contribution in [0.25, 0.3) is 0 Å². The van der Waals surface area contributed by atoms with Crippen LogP contribution in [0, 0.1) is 6.92 Å². The number of benzene rings is 1. The first-order valence-electron chi connectivity index (χ1n) is 7.75. The third-order valence-corrected chi connectivity index (χ3v) is 4.10. The van der Waals surface area contributed by atoms with Crippen LogP contribution in [0.5, 0.6) is 11.5 Å². The van der Waals surface area contributed by atoms with Crippen molar-refractivity contribution in [2.24, 2.45) is 7.05 Å². The van der Waals surface area contributed by atoms with Crippen LogP contribution in [0.3, 0.4) is 0 Å². The fourth-order valence-electron chi connectivity index (χ4n) is 2.53. The van der Waals surface area contributed by atoms with Crippen LogP contribution >= 0.6 is 0 Å². The predicted molar refractivity (Wildman–Crippen MR) is 85.9 cm³/mol. The first-order chi connectivity index (χ1) is 11.1. The molecule has 0 saturated carbocycles. The second kappa shape index (κ2) is 6.32. The van der Waals surface area contributed by atoms with Gasteiger partial charge in [0.25, 0.3) is 5.91 Å². The van der Waals surface area contributed by atoms with Crippen LogP contribution in [-0.4, -0.2) is 28.9 Å². The van der Waals surface area contributed by atoms with Gasteiger partial charge in [0.1, 0.15) is 0 Å². The smallest absolute Gasteiger partial charge is 0.255 e. The molecule has 122 valence electrons. The standard InChI is InChI=1S/C17H21N3O3/c1-11(19-17(21)14-10-18-20(3)12(14)2)13-5-6-15-16(9-13)23-8-4-7-22-15/h5-6,9-11H,4,7-8H2,1-3H3,(H,19,21). The molecule has 0 bridgehead atoms. The molecule has 0 saturated heterocycles. The Morgan fingerprint density at radius 3 is 2.74 bits per heavy atom. The van der Waals surface area contributed by atoms with E-state index in [1.165, 1.54) is 0 Å². The number of amides is 1. The van der Waals surface area contributed by atoms with Gasteiger partial charge >= 0.3 is 0 Å². The highest BCUT2D eigenvalue weighted by Crippen LogP contribution is 2.32. The van der Waals surface area contributed by atoms with Gasteiger partial charge in [0, 0.05) is 19.2 Å². The van der Waals surface area contributed by atoms with Crippen molar-refractivity contribution in [2.45, 2.75) is 26.3 Å². The average molecular weight is 315 g/mol. The molecular weight excluding hydrogens is 294 g/mol. The van der Waals surface area contributed by atoms with E-state index in [1.54, 1.807) is 10.9 Å². The van der Waals surface area contributed by atoms with Crippen molar-refractivity contribution < 1.29 is 14.3 Å². The summed E-state index contributed by atoms with van der Waals surface area (Å²) in [4.78, 5) is 12.4. The Kier molecular flexibility index (Phi) is 4.23. The molecule has 3 rings (SSSR count). The molecule has 0 spiro atoms. The monoisotopic (exact) mass is 315 g/mol. The maximum Gasteiger partial charge on any atom is 0.255 e. The zero-order valence-electron chi connectivity index (χ0n) is 13.6. The number of rotatable bonds is 3. The van der Waals surface area contributed by atoms with E-state index < -0.39 is 0 Å². The molecule has 6 heteroatoms. The Labute approximate surface area is 135 Å². The number of ether oxygens (including phenoxy) is 2. The molecule has 1 aromatic carbocycles. The van der Waals surface area contributed by atoms with Crippen LogP contribution in [0.1, 0.15) is 41.0 Å². The molecular formula is C17H21N3O3. The fourth-order valence-corrected chi connectivity index (χ4v) is 2.53. The van der Waals surface area contributed by atoms with Gasteiger partial charge in [-0.25, -0.2) is 0 Å². The van der Waals surface area contributed by atoms with Gasteiger partial charge in [-0.2, -0.15) is 5.10 Å². The summed E-state index contributed by atoms with van der Waals surface area (Å²) in [5.41, 5.74) is 2.41. The van der Waals surface area contributed by atoms with Crippen LogP contribution in [-0.2, 0) is 7.05 Å². The number of aryl methyl sites for hydroxylation is 1. The second-order valence-electron chi connectivity index (χ2n) is 5.72. The van der Waals surface area contributed by atoms with Gasteiger partial charge in [-0.1, -0.05) is 6.07 Å². The molecule has 1 aromatic heterocycles. The van der Waals surface area contributed by atoms with Crippen molar-refractivity contribution in [1.82, 2.24) is 15.1 Å². The molecule has 1 unspecified atom stereocenters. The zero-order valence-corrected chi connectivity index (χ0v) is 13.6. The molecule has 1 aliphatic heterocycles. The van der Waals surface area contributed by atoms with Crippen molar-refractivity contribution >= 4 is 5.91 Å². The van der Waals surface area contributed by atoms with E-state index in [2.05, 4.69) is 10.4 Å². The van der Waals surface area contributed by atoms with Crippen LogP contribution in [0.4, 0.5) is 0 Å². The largest absolute Gasteiger partial charge is 0.490 e. The van der Waals surface area contributed by atoms with E-state index in [1.807, 2.05) is 39.1 Å². The Morgan fingerprint density at radius 1 is 1.30 bits per heavy atom. The van der Waals surface area contributed by atoms with Crippen molar-refractivity contribution in [3.63, 3.8) is 0 Å². The quantitative estimate of drug-likeness (QED) is 0.944. The van der Waals surface area contributed by atoms with E-state index in [0.717, 1.165) is 29.2 Å². The minimum atomic E-state index is -0.140. The van der Waals surface area contributed by atoms with Gasteiger partial charge in [-0.3, -0.25) is 9.48 Å². The zero-order chi connectivity index (χ0) is 16.4. The minimum absolute atomic E-state index is 0.129. The van der Waals surface area contributed by atoms with Crippen LogP contribution in [0.2, 0.25) is 0 Å². The van der Waals surface area contributed by atoms with Crippen LogP contribution < -0.4 is 14.8 Å². The van der Waals surface area contributed by atoms with Gasteiger partial charge in [-0.15, -0.1) is 0 Å². The maximum atomic E-state index is 12.4. The van der Waals surface area contributed by atoms with Gasteiger partial charge in [0.2, 0.25) is 0 Å². The summed E-state index contributed by atoms with van der Waals surface area (Å²) in [5, 5.41) is 7.11. The highest BCUT2D eigenvalue weighted by molar-refractivity contribution is 5.95. The van der Waals surface area contributed by atoms with E-state index in [0.29, 0.717) is 18.8 Å². The Hall–Kier alpha value is -2.50. The summed E-state index contributed by atoms with van der Waals surface area (Å²) in [6.07, 6.45) is 2.46. The number of carbonyl (C=O) groups is 1. The molecule has 6 nitrogen and oxygen atoms in total. The first kappa shape index (κ1) is 15.4. The van der Waals surface area contributed by atoms with Crippen molar-refractivity contribution in [3.05, 3.63) is 41.2 Å². The van der Waals surface area contributed by atoms with E-state index in [-0.39, 0.29) is 11.9 Å². The van der Waals surface area contributed by atoms with Gasteiger partial charge in [-0.05, 0) is 31.5 Å². The minimum Gasteiger partial charge on any atom is -0.490 e. The second-order valence-corrected chi connectivity index (χ2v) is 5.72. The van der Waals surface area contributed by atoms with Crippen molar-refractivity contribution in [1.29, 1.82) is 0 Å². The Bertz CT molecular complexity index is 724. The lowest BCUT2D eigenvalue weighted by atomic mass is 10.1. The summed E-state index contributed by atoms with van der Waals surface area (Å²) in [5.74, 6) is 1.36. The van der Waals surface area contributed by atoms with E-state index in [4.69, 9.17) is 9.47 Å².